The standard InChI is InChI=1S/C19H17NO3/c1-2-14-11-16(15-5-3-4-6-17(15)20-14)18(21)12-7-9-13(10-8-12)19(22)23/h3-11,18,21H,2H2,1H3,(H,22,23). The van der Waals surface area contributed by atoms with Crippen molar-refractivity contribution in [1.29, 1.82) is 0 Å². The number of carboxylic acids is 1. The predicted molar refractivity (Wildman–Crippen MR) is 88.6 cm³/mol. The Hall–Kier alpha value is -2.72. The molecule has 1 unspecified atom stereocenters. The van der Waals surface area contributed by atoms with Gasteiger partial charge in [-0.3, -0.25) is 4.98 Å². The molecule has 3 rings (SSSR count). The summed E-state index contributed by atoms with van der Waals surface area (Å²) in [6.45, 7) is 2.02. The molecule has 0 amide bonds. The number of aryl methyl sites for hydroxylation is 1. The van der Waals surface area contributed by atoms with Gasteiger partial charge in [0.05, 0.1) is 11.1 Å². The Morgan fingerprint density at radius 3 is 2.48 bits per heavy atom. The van der Waals surface area contributed by atoms with E-state index in [0.717, 1.165) is 28.6 Å². The van der Waals surface area contributed by atoms with Crippen molar-refractivity contribution in [2.45, 2.75) is 19.4 Å². The molecule has 4 heteroatoms. The van der Waals surface area contributed by atoms with Gasteiger partial charge in [0.15, 0.2) is 0 Å². The van der Waals surface area contributed by atoms with Crippen LogP contribution in [0.25, 0.3) is 10.9 Å². The maximum Gasteiger partial charge on any atom is 0.335 e. The minimum absolute atomic E-state index is 0.204. The van der Waals surface area contributed by atoms with Crippen molar-refractivity contribution in [3.8, 4) is 0 Å². The van der Waals surface area contributed by atoms with Gasteiger partial charge in [0.25, 0.3) is 0 Å². The number of aliphatic hydroxyl groups excluding tert-OH is 1. The number of carboxylic acid groups (broad SMARTS) is 1. The molecule has 2 N–H and O–H groups in total. The van der Waals surface area contributed by atoms with Crippen molar-refractivity contribution in [2.24, 2.45) is 0 Å². The molecule has 116 valence electrons. The van der Waals surface area contributed by atoms with Crippen LogP contribution in [0.5, 0.6) is 0 Å². The monoisotopic (exact) mass is 307 g/mol. The van der Waals surface area contributed by atoms with Crippen molar-refractivity contribution in [3.05, 3.63) is 77.0 Å². The normalized spacial score (nSPS) is 12.3. The number of carbonyl (C=O) groups is 1. The maximum absolute atomic E-state index is 10.9. The van der Waals surface area contributed by atoms with Crippen LogP contribution in [0.4, 0.5) is 0 Å². The average Bonchev–Trinajstić information content (AvgIpc) is 2.60. The fourth-order valence-corrected chi connectivity index (χ4v) is 2.65. The van der Waals surface area contributed by atoms with Crippen LogP contribution in [-0.4, -0.2) is 21.2 Å². The molecule has 0 aliphatic heterocycles. The van der Waals surface area contributed by atoms with Crippen LogP contribution in [-0.2, 0) is 6.42 Å². The quantitative estimate of drug-likeness (QED) is 0.773. The summed E-state index contributed by atoms with van der Waals surface area (Å²) >= 11 is 0. The van der Waals surface area contributed by atoms with Gasteiger partial charge in [-0.2, -0.15) is 0 Å². The first-order chi connectivity index (χ1) is 11.1. The molecule has 0 saturated heterocycles. The lowest BCUT2D eigenvalue weighted by atomic mass is 9.96. The Balaban J connectivity index is 2.09. The highest BCUT2D eigenvalue weighted by atomic mass is 16.4. The van der Waals surface area contributed by atoms with Gasteiger partial charge in [-0.1, -0.05) is 37.3 Å². The number of aliphatic hydroxyl groups is 1. The summed E-state index contributed by atoms with van der Waals surface area (Å²) in [5.74, 6) is -0.978. The minimum Gasteiger partial charge on any atom is -0.478 e. The lowest BCUT2D eigenvalue weighted by Gasteiger charge is -2.15. The minimum atomic E-state index is -0.978. The predicted octanol–water partition coefficient (Wildman–Crippen LogP) is 3.58. The molecule has 0 bridgehead atoms. The van der Waals surface area contributed by atoms with Crippen molar-refractivity contribution in [3.63, 3.8) is 0 Å². The molecule has 23 heavy (non-hydrogen) atoms. The zero-order chi connectivity index (χ0) is 16.4. The van der Waals surface area contributed by atoms with E-state index in [1.165, 1.54) is 12.1 Å². The van der Waals surface area contributed by atoms with Crippen molar-refractivity contribution >= 4 is 16.9 Å². The summed E-state index contributed by atoms with van der Waals surface area (Å²) in [5.41, 5.74) is 3.42. The average molecular weight is 307 g/mol. The van der Waals surface area contributed by atoms with Gasteiger partial charge in [-0.25, -0.2) is 4.79 Å². The molecule has 2 aromatic carbocycles. The second-order valence-electron chi connectivity index (χ2n) is 5.40. The Morgan fingerprint density at radius 1 is 1.13 bits per heavy atom. The zero-order valence-electron chi connectivity index (χ0n) is 12.7. The molecule has 1 atom stereocenters. The third kappa shape index (κ3) is 2.94. The largest absolute Gasteiger partial charge is 0.478 e. The summed E-state index contributed by atoms with van der Waals surface area (Å²) in [6.07, 6.45) is -0.0428. The van der Waals surface area contributed by atoms with Gasteiger partial charge in [-0.05, 0) is 41.8 Å². The van der Waals surface area contributed by atoms with E-state index in [9.17, 15) is 9.90 Å². The smallest absolute Gasteiger partial charge is 0.335 e. The van der Waals surface area contributed by atoms with E-state index in [1.54, 1.807) is 12.1 Å². The van der Waals surface area contributed by atoms with E-state index < -0.39 is 12.1 Å². The Kier molecular flexibility index (Phi) is 4.08. The highest BCUT2D eigenvalue weighted by molar-refractivity contribution is 5.87. The van der Waals surface area contributed by atoms with Crippen LogP contribution < -0.4 is 0 Å². The van der Waals surface area contributed by atoms with E-state index in [2.05, 4.69) is 4.98 Å². The molecular formula is C19H17NO3. The maximum atomic E-state index is 10.9. The first-order valence-corrected chi connectivity index (χ1v) is 7.50. The molecular weight excluding hydrogens is 290 g/mol. The Bertz CT molecular complexity index is 856. The lowest BCUT2D eigenvalue weighted by Crippen LogP contribution is -2.04. The number of rotatable bonds is 4. The van der Waals surface area contributed by atoms with Gasteiger partial charge in [0, 0.05) is 11.1 Å². The third-order valence-corrected chi connectivity index (χ3v) is 3.93. The summed E-state index contributed by atoms with van der Waals surface area (Å²) < 4.78 is 0. The van der Waals surface area contributed by atoms with Crippen LogP contribution in [0.2, 0.25) is 0 Å². The number of hydrogen-bond acceptors (Lipinski definition) is 3. The molecule has 3 aromatic rings. The first-order valence-electron chi connectivity index (χ1n) is 7.50. The second kappa shape index (κ2) is 6.18. The number of aromatic nitrogens is 1. The number of nitrogens with zero attached hydrogens (tertiary/aromatic N) is 1. The van der Waals surface area contributed by atoms with E-state index in [-0.39, 0.29) is 5.56 Å². The van der Waals surface area contributed by atoms with Gasteiger partial charge in [-0.15, -0.1) is 0 Å². The third-order valence-electron chi connectivity index (χ3n) is 3.93. The topological polar surface area (TPSA) is 70.4 Å². The summed E-state index contributed by atoms with van der Waals surface area (Å²) in [4.78, 5) is 15.5. The van der Waals surface area contributed by atoms with Gasteiger partial charge in [0.2, 0.25) is 0 Å². The van der Waals surface area contributed by atoms with Gasteiger partial charge < -0.3 is 10.2 Å². The number of hydrogen-bond donors (Lipinski definition) is 2. The Labute approximate surface area is 134 Å². The second-order valence-corrected chi connectivity index (χ2v) is 5.40. The number of fused-ring (bicyclic) bond motifs is 1. The van der Waals surface area contributed by atoms with Crippen LogP contribution >= 0.6 is 0 Å². The van der Waals surface area contributed by atoms with Crippen LogP contribution in [0.3, 0.4) is 0 Å². The summed E-state index contributed by atoms with van der Waals surface area (Å²) in [7, 11) is 0. The number of aromatic carboxylic acids is 1. The number of para-hydroxylation sites is 1. The molecule has 4 nitrogen and oxygen atoms in total. The van der Waals surface area contributed by atoms with Crippen molar-refractivity contribution < 1.29 is 15.0 Å². The van der Waals surface area contributed by atoms with Crippen LogP contribution in [0.15, 0.2) is 54.6 Å². The van der Waals surface area contributed by atoms with Crippen LogP contribution in [0.1, 0.15) is 40.2 Å². The van der Waals surface area contributed by atoms with Crippen molar-refractivity contribution in [1.82, 2.24) is 4.98 Å². The molecule has 1 aromatic heterocycles. The molecule has 0 aliphatic rings. The molecule has 1 heterocycles. The molecule has 0 aliphatic carbocycles. The van der Waals surface area contributed by atoms with E-state index >= 15 is 0 Å². The lowest BCUT2D eigenvalue weighted by molar-refractivity contribution is 0.0696. The fraction of sp³-hybridized carbons (Fsp3) is 0.158. The fourth-order valence-electron chi connectivity index (χ4n) is 2.65. The zero-order valence-corrected chi connectivity index (χ0v) is 12.7. The highest BCUT2D eigenvalue weighted by Crippen LogP contribution is 2.29. The van der Waals surface area contributed by atoms with E-state index in [1.807, 2.05) is 37.3 Å². The SMILES string of the molecule is CCc1cc(C(O)c2ccc(C(=O)O)cc2)c2ccccc2n1. The first kappa shape index (κ1) is 15.2. The summed E-state index contributed by atoms with van der Waals surface area (Å²) in [6, 6.07) is 15.9. The highest BCUT2D eigenvalue weighted by Gasteiger charge is 2.16. The molecule has 0 fully saturated rings. The van der Waals surface area contributed by atoms with E-state index in [0.29, 0.717) is 5.56 Å². The number of benzene rings is 2. The van der Waals surface area contributed by atoms with E-state index in [4.69, 9.17) is 5.11 Å². The van der Waals surface area contributed by atoms with Crippen LogP contribution in [0, 0.1) is 0 Å². The Morgan fingerprint density at radius 2 is 1.83 bits per heavy atom. The summed E-state index contributed by atoms with van der Waals surface area (Å²) in [5, 5.41) is 20.6. The molecule has 0 saturated carbocycles. The number of pyridine rings is 1. The van der Waals surface area contributed by atoms with Gasteiger partial charge in [0.1, 0.15) is 6.10 Å². The van der Waals surface area contributed by atoms with Gasteiger partial charge >= 0.3 is 5.97 Å². The van der Waals surface area contributed by atoms with Crippen molar-refractivity contribution in [2.75, 3.05) is 0 Å². The molecule has 0 radical (unpaired) electrons. The molecule has 0 spiro atoms.